The summed E-state index contributed by atoms with van der Waals surface area (Å²) in [5.74, 6) is 0. The van der Waals surface area contributed by atoms with E-state index in [2.05, 4.69) is 45.6 Å². The largest absolute Gasteiger partial charge is 0.130 e. The van der Waals surface area contributed by atoms with Crippen LogP contribution in [0.25, 0.3) is 0 Å². The van der Waals surface area contributed by atoms with Gasteiger partial charge in [-0.15, -0.1) is 5.73 Å². The Morgan fingerprint density at radius 2 is 1.18 bits per heavy atom. The molecule has 0 saturated carbocycles. The fourth-order valence-electron chi connectivity index (χ4n) is 2.94. The van der Waals surface area contributed by atoms with Crippen LogP contribution in [-0.4, -0.2) is 0 Å². The van der Waals surface area contributed by atoms with E-state index in [-0.39, 0.29) is 0 Å². The van der Waals surface area contributed by atoms with E-state index in [4.69, 9.17) is 0 Å². The molecule has 0 radical (unpaired) electrons. The second-order valence-corrected chi connectivity index (χ2v) is 7.64. The van der Waals surface area contributed by atoms with Crippen molar-refractivity contribution in [1.29, 1.82) is 0 Å². The Bertz CT molecular complexity index is 278. The van der Waals surface area contributed by atoms with Gasteiger partial charge in [-0.05, 0) is 49.7 Å². The molecule has 0 unspecified atom stereocenters. The molecule has 0 rings (SSSR count). The predicted molar refractivity (Wildman–Crippen MR) is 102 cm³/mol. The minimum absolute atomic E-state index is 0.531. The normalized spacial score (nSPS) is 11.3. The molecule has 0 saturated heterocycles. The van der Waals surface area contributed by atoms with Gasteiger partial charge in [-0.2, -0.15) is 0 Å². The van der Waals surface area contributed by atoms with Crippen molar-refractivity contribution in [3.8, 4) is 0 Å². The average molecular weight is 307 g/mol. The average Bonchev–Trinajstić information content (AvgIpc) is 2.49. The van der Waals surface area contributed by atoms with Crippen LogP contribution >= 0.6 is 0 Å². The molecular weight excluding hydrogens is 264 g/mol. The van der Waals surface area contributed by atoms with Crippen molar-refractivity contribution < 1.29 is 0 Å². The highest BCUT2D eigenvalue weighted by atomic mass is 14.2. The molecule has 0 aliphatic rings. The predicted octanol–water partition coefficient (Wildman–Crippen LogP) is 8.23. The topological polar surface area (TPSA) is 0 Å². The van der Waals surface area contributed by atoms with Crippen molar-refractivity contribution >= 4 is 0 Å². The van der Waals surface area contributed by atoms with Crippen LogP contribution in [0.5, 0.6) is 0 Å². The zero-order chi connectivity index (χ0) is 16.5. The maximum absolute atomic E-state index is 3.30. The maximum atomic E-state index is 3.30. The highest BCUT2D eigenvalue weighted by Gasteiger charge is 2.16. The first-order chi connectivity index (χ1) is 10.6. The molecule has 22 heavy (non-hydrogen) atoms. The minimum atomic E-state index is 0.531. The van der Waals surface area contributed by atoms with E-state index < -0.39 is 0 Å². The van der Waals surface area contributed by atoms with Crippen molar-refractivity contribution in [3.63, 3.8) is 0 Å². The molecule has 0 spiro atoms. The van der Waals surface area contributed by atoms with Crippen LogP contribution in [-0.2, 0) is 0 Å². The first-order valence-corrected chi connectivity index (χ1v) is 10.0. The Morgan fingerprint density at radius 1 is 0.636 bits per heavy atom. The number of hydrogen-bond acceptors (Lipinski definition) is 0. The molecule has 0 heterocycles. The molecular formula is C22H42. The summed E-state index contributed by atoms with van der Waals surface area (Å²) < 4.78 is 0. The molecule has 0 aromatic rings. The number of hydrogen-bond donors (Lipinski definition) is 0. The van der Waals surface area contributed by atoms with Crippen molar-refractivity contribution in [3.05, 3.63) is 17.9 Å². The summed E-state index contributed by atoms with van der Waals surface area (Å²) in [6, 6.07) is 0. The number of rotatable bonds is 15. The van der Waals surface area contributed by atoms with Gasteiger partial charge in [-0.25, -0.2) is 0 Å². The molecule has 0 bridgehead atoms. The molecule has 0 N–H and O–H groups in total. The van der Waals surface area contributed by atoms with Gasteiger partial charge in [-0.1, -0.05) is 85.5 Å². The van der Waals surface area contributed by atoms with Crippen LogP contribution < -0.4 is 0 Å². The Morgan fingerprint density at radius 3 is 1.82 bits per heavy atom. The standard InChI is InChI=1S/C22H42/c1-5-7-9-11-13-15-17-19-21-22(3,4)20-18-16-14-12-10-8-6-2/h10,14H,5-9,11,13,15-21H2,1-4H3. The molecule has 0 nitrogen and oxygen atoms in total. The van der Waals surface area contributed by atoms with Gasteiger partial charge in [0.25, 0.3) is 0 Å². The van der Waals surface area contributed by atoms with E-state index in [1.54, 1.807) is 0 Å². The Hall–Kier alpha value is -0.480. The lowest BCUT2D eigenvalue weighted by molar-refractivity contribution is 0.287. The lowest BCUT2D eigenvalue weighted by Crippen LogP contribution is -2.10. The summed E-state index contributed by atoms with van der Waals surface area (Å²) in [6.45, 7) is 9.40. The van der Waals surface area contributed by atoms with Gasteiger partial charge in [-0.3, -0.25) is 0 Å². The molecule has 0 fully saturated rings. The van der Waals surface area contributed by atoms with Crippen LogP contribution in [0, 0.1) is 5.41 Å². The summed E-state index contributed by atoms with van der Waals surface area (Å²) in [5.41, 5.74) is 3.83. The minimum Gasteiger partial charge on any atom is -0.130 e. The third-order valence-electron chi connectivity index (χ3n) is 4.58. The Labute approximate surface area is 141 Å². The quantitative estimate of drug-likeness (QED) is 0.211. The van der Waals surface area contributed by atoms with Crippen LogP contribution in [0.15, 0.2) is 17.9 Å². The molecule has 0 heteroatoms. The van der Waals surface area contributed by atoms with Crippen molar-refractivity contribution in [2.24, 2.45) is 5.41 Å². The zero-order valence-electron chi connectivity index (χ0n) is 16.1. The molecule has 0 aromatic carbocycles. The van der Waals surface area contributed by atoms with Gasteiger partial charge in [0.15, 0.2) is 0 Å². The van der Waals surface area contributed by atoms with Crippen molar-refractivity contribution in [2.75, 3.05) is 0 Å². The molecule has 130 valence electrons. The van der Waals surface area contributed by atoms with Crippen LogP contribution in [0.1, 0.15) is 118 Å². The van der Waals surface area contributed by atoms with Crippen LogP contribution in [0.3, 0.4) is 0 Å². The first-order valence-electron chi connectivity index (χ1n) is 10.0. The smallest absolute Gasteiger partial charge is 0.0274 e. The van der Waals surface area contributed by atoms with Crippen molar-refractivity contribution in [2.45, 2.75) is 118 Å². The highest BCUT2D eigenvalue weighted by molar-refractivity contribution is 4.84. The number of unbranched alkanes of at least 4 members (excludes halogenated alkanes) is 9. The van der Waals surface area contributed by atoms with E-state index in [1.807, 2.05) is 0 Å². The second kappa shape index (κ2) is 15.4. The lowest BCUT2D eigenvalue weighted by atomic mass is 9.82. The molecule has 0 aliphatic carbocycles. The summed E-state index contributed by atoms with van der Waals surface area (Å²) in [4.78, 5) is 0. The van der Waals surface area contributed by atoms with Gasteiger partial charge >= 0.3 is 0 Å². The fourth-order valence-corrected chi connectivity index (χ4v) is 2.94. The van der Waals surface area contributed by atoms with E-state index >= 15 is 0 Å². The molecule has 0 aromatic heterocycles. The summed E-state index contributed by atoms with van der Waals surface area (Å²) in [6.07, 6.45) is 23.5. The second-order valence-electron chi connectivity index (χ2n) is 7.64. The summed E-state index contributed by atoms with van der Waals surface area (Å²) in [7, 11) is 0. The maximum Gasteiger partial charge on any atom is -0.0274 e. The van der Waals surface area contributed by atoms with E-state index in [9.17, 15) is 0 Å². The lowest BCUT2D eigenvalue weighted by Gasteiger charge is -2.24. The monoisotopic (exact) mass is 306 g/mol. The molecule has 0 amide bonds. The van der Waals surface area contributed by atoms with Gasteiger partial charge in [0.05, 0.1) is 0 Å². The van der Waals surface area contributed by atoms with Gasteiger partial charge in [0.2, 0.25) is 0 Å². The third-order valence-corrected chi connectivity index (χ3v) is 4.58. The van der Waals surface area contributed by atoms with Gasteiger partial charge < -0.3 is 0 Å². The van der Waals surface area contributed by atoms with Crippen molar-refractivity contribution in [1.82, 2.24) is 0 Å². The Balaban J connectivity index is 3.50. The number of allylic oxidation sites excluding steroid dienone is 1. The third kappa shape index (κ3) is 15.9. The Kier molecular flexibility index (Phi) is 15.1. The van der Waals surface area contributed by atoms with E-state index in [1.165, 1.54) is 89.9 Å². The van der Waals surface area contributed by atoms with Gasteiger partial charge in [0.1, 0.15) is 0 Å². The first kappa shape index (κ1) is 21.5. The molecule has 0 aliphatic heterocycles. The van der Waals surface area contributed by atoms with Gasteiger partial charge in [0, 0.05) is 0 Å². The SMILES string of the molecule is CCCC=C=CCCCC(C)(C)CCCCCCCCCC. The van der Waals surface area contributed by atoms with E-state index in [0.717, 1.165) is 0 Å². The van der Waals surface area contributed by atoms with Crippen LogP contribution in [0.4, 0.5) is 0 Å². The van der Waals surface area contributed by atoms with Crippen LogP contribution in [0.2, 0.25) is 0 Å². The molecule has 0 atom stereocenters. The summed E-state index contributed by atoms with van der Waals surface area (Å²) >= 11 is 0. The van der Waals surface area contributed by atoms with E-state index in [0.29, 0.717) is 5.41 Å². The zero-order valence-corrected chi connectivity index (χ0v) is 16.1. The summed E-state index contributed by atoms with van der Waals surface area (Å²) in [5, 5.41) is 0. The fraction of sp³-hybridized carbons (Fsp3) is 0.864. The highest BCUT2D eigenvalue weighted by Crippen LogP contribution is 2.30.